The third-order valence-corrected chi connectivity index (χ3v) is 3.41. The summed E-state index contributed by atoms with van der Waals surface area (Å²) in [5, 5.41) is 0.240. The smallest absolute Gasteiger partial charge is 0.308 e. The Kier molecular flexibility index (Phi) is 4.89. The fourth-order valence-electron chi connectivity index (χ4n) is 2.26. The second-order valence-electron chi connectivity index (χ2n) is 5.45. The van der Waals surface area contributed by atoms with E-state index in [9.17, 15) is 14.4 Å². The largest absolute Gasteiger partial charge is 0.425 e. The number of hydrogen-bond acceptors (Lipinski definition) is 5. The van der Waals surface area contributed by atoms with Crippen molar-refractivity contribution in [2.24, 2.45) is 0 Å². The third-order valence-electron chi connectivity index (χ3n) is 3.41. The molecule has 0 spiro atoms. The molecule has 3 rings (SSSR count). The van der Waals surface area contributed by atoms with Gasteiger partial charge in [-0.05, 0) is 29.8 Å². The number of nitrogens with zero attached hydrogens (tertiary/aromatic N) is 1. The Labute approximate surface area is 147 Å². The predicted molar refractivity (Wildman–Crippen MR) is 96.1 cm³/mol. The fourth-order valence-corrected chi connectivity index (χ4v) is 2.26. The monoisotopic (exact) mass is 349 g/mol. The summed E-state index contributed by atoms with van der Waals surface area (Å²) in [6.07, 6.45) is 4.39. The van der Waals surface area contributed by atoms with E-state index in [1.165, 1.54) is 19.2 Å². The molecule has 130 valence electrons. The minimum atomic E-state index is -0.449. The number of rotatable bonds is 3. The van der Waals surface area contributed by atoms with Gasteiger partial charge >= 0.3 is 5.97 Å². The van der Waals surface area contributed by atoms with E-state index in [0.29, 0.717) is 11.4 Å². The molecule has 0 aliphatic heterocycles. The number of pyridine rings is 1. The van der Waals surface area contributed by atoms with Gasteiger partial charge in [0.05, 0.1) is 11.9 Å². The molecule has 0 bridgehead atoms. The Morgan fingerprint density at radius 1 is 0.962 bits per heavy atom. The van der Waals surface area contributed by atoms with Gasteiger partial charge in [-0.3, -0.25) is 19.4 Å². The van der Waals surface area contributed by atoms with Crippen molar-refractivity contribution in [2.75, 3.05) is 0 Å². The zero-order chi connectivity index (χ0) is 18.5. The van der Waals surface area contributed by atoms with E-state index in [1.54, 1.807) is 18.2 Å². The van der Waals surface area contributed by atoms with E-state index in [1.807, 2.05) is 30.3 Å². The van der Waals surface area contributed by atoms with Crippen LogP contribution in [0, 0.1) is 0 Å². The van der Waals surface area contributed by atoms with Gasteiger partial charge in [-0.1, -0.05) is 30.3 Å². The van der Waals surface area contributed by atoms with Crippen molar-refractivity contribution in [2.45, 2.75) is 6.92 Å². The number of carbonyl (C=O) groups excluding carboxylic acids is 1. The number of ether oxygens (including phenoxy) is 1. The third kappa shape index (κ3) is 4.21. The minimum absolute atomic E-state index is 0.0768. The fraction of sp³-hybridized carbons (Fsp3) is 0.0526. The molecule has 26 heavy (non-hydrogen) atoms. The van der Waals surface area contributed by atoms with Crippen molar-refractivity contribution in [3.8, 4) is 5.75 Å². The Morgan fingerprint density at radius 3 is 2.19 bits per heavy atom. The molecule has 0 unspecified atom stereocenters. The number of aromatic nitrogens is 3. The summed E-state index contributed by atoms with van der Waals surface area (Å²) in [6.45, 7) is 1.29. The average molecular weight is 349 g/mol. The lowest BCUT2D eigenvalue weighted by molar-refractivity contribution is -0.131. The summed E-state index contributed by atoms with van der Waals surface area (Å²) in [5.74, 6) is -0.153. The standard InChI is InChI=1S/C19H15N3O4/c1-12(23)26-15-8-7-14(20-11-15)10-17-19(25)21-16(18(24)22-17)9-13-5-3-2-4-6-13/h2-11H,1H3,(H,21,25)(H,22,24)/b16-9+,17-10+. The first-order valence-corrected chi connectivity index (χ1v) is 7.77. The lowest BCUT2D eigenvalue weighted by Crippen LogP contribution is -2.46. The van der Waals surface area contributed by atoms with E-state index in [0.717, 1.165) is 5.56 Å². The molecule has 0 amide bonds. The van der Waals surface area contributed by atoms with Crippen molar-refractivity contribution in [1.82, 2.24) is 15.0 Å². The van der Waals surface area contributed by atoms with Gasteiger partial charge in [0.25, 0.3) is 11.1 Å². The number of H-pyrrole nitrogens is 2. The number of carbonyl (C=O) groups is 1. The Bertz CT molecular complexity index is 1160. The lowest BCUT2D eigenvalue weighted by atomic mass is 10.2. The molecule has 2 aromatic heterocycles. The van der Waals surface area contributed by atoms with E-state index >= 15 is 0 Å². The molecule has 0 aliphatic carbocycles. The van der Waals surface area contributed by atoms with Gasteiger partial charge < -0.3 is 14.7 Å². The topological polar surface area (TPSA) is 105 Å². The van der Waals surface area contributed by atoms with Crippen LogP contribution < -0.4 is 26.6 Å². The summed E-state index contributed by atoms with van der Waals surface area (Å²) in [5.41, 5.74) is 0.365. The first-order chi connectivity index (χ1) is 12.5. The zero-order valence-electron chi connectivity index (χ0n) is 13.9. The molecule has 0 saturated heterocycles. The molecule has 0 saturated carbocycles. The van der Waals surface area contributed by atoms with E-state index in [-0.39, 0.29) is 10.7 Å². The molecule has 2 heterocycles. The molecule has 0 aliphatic rings. The number of aromatic amines is 2. The quantitative estimate of drug-likeness (QED) is 0.650. The van der Waals surface area contributed by atoms with Crippen molar-refractivity contribution in [3.63, 3.8) is 0 Å². The molecular weight excluding hydrogens is 334 g/mol. The maximum atomic E-state index is 12.2. The number of hydrogen-bond donors (Lipinski definition) is 2. The van der Waals surface area contributed by atoms with Crippen LogP contribution in [0.3, 0.4) is 0 Å². The van der Waals surface area contributed by atoms with Crippen LogP contribution in [-0.2, 0) is 4.79 Å². The van der Waals surface area contributed by atoms with Crippen LogP contribution >= 0.6 is 0 Å². The maximum absolute atomic E-state index is 12.2. The zero-order valence-corrected chi connectivity index (χ0v) is 13.9. The van der Waals surface area contributed by atoms with Crippen LogP contribution in [0.5, 0.6) is 5.75 Å². The van der Waals surface area contributed by atoms with Crippen LogP contribution in [0.4, 0.5) is 0 Å². The van der Waals surface area contributed by atoms with Gasteiger partial charge in [0.15, 0.2) is 0 Å². The molecule has 0 fully saturated rings. The summed E-state index contributed by atoms with van der Waals surface area (Å²) in [7, 11) is 0. The Morgan fingerprint density at radius 2 is 1.62 bits per heavy atom. The summed E-state index contributed by atoms with van der Waals surface area (Å²) < 4.78 is 4.89. The molecule has 2 N–H and O–H groups in total. The highest BCUT2D eigenvalue weighted by Gasteiger charge is 2.00. The molecule has 7 heteroatoms. The highest BCUT2D eigenvalue weighted by molar-refractivity contribution is 5.69. The van der Waals surface area contributed by atoms with E-state index in [4.69, 9.17) is 4.74 Å². The Hall–Kier alpha value is -3.74. The Balaban J connectivity index is 1.99. The van der Waals surface area contributed by atoms with Crippen LogP contribution in [0.2, 0.25) is 0 Å². The van der Waals surface area contributed by atoms with Crippen molar-refractivity contribution < 1.29 is 9.53 Å². The summed E-state index contributed by atoms with van der Waals surface area (Å²) in [6, 6.07) is 12.3. The van der Waals surface area contributed by atoms with Crippen molar-refractivity contribution in [3.05, 3.63) is 91.3 Å². The van der Waals surface area contributed by atoms with E-state index < -0.39 is 17.1 Å². The first kappa shape index (κ1) is 17.1. The molecule has 1 aromatic carbocycles. The minimum Gasteiger partial charge on any atom is -0.425 e. The van der Waals surface area contributed by atoms with Crippen LogP contribution in [-0.4, -0.2) is 20.9 Å². The van der Waals surface area contributed by atoms with Gasteiger partial charge in [-0.2, -0.15) is 0 Å². The SMILES string of the molecule is CC(=O)Oc1ccc(/C=c2/[nH]c(=O)/c(=C\c3ccccc3)[nH]c2=O)nc1. The first-order valence-electron chi connectivity index (χ1n) is 7.77. The van der Waals surface area contributed by atoms with Crippen molar-refractivity contribution in [1.29, 1.82) is 0 Å². The summed E-state index contributed by atoms with van der Waals surface area (Å²) in [4.78, 5) is 44.5. The van der Waals surface area contributed by atoms with Gasteiger partial charge in [0, 0.05) is 6.92 Å². The molecule has 0 atom stereocenters. The molecule has 7 nitrogen and oxygen atoms in total. The molecule has 3 aromatic rings. The van der Waals surface area contributed by atoms with Crippen LogP contribution in [0.1, 0.15) is 18.2 Å². The highest BCUT2D eigenvalue weighted by Crippen LogP contribution is 2.09. The average Bonchev–Trinajstić information content (AvgIpc) is 2.61. The van der Waals surface area contributed by atoms with E-state index in [2.05, 4.69) is 15.0 Å². The lowest BCUT2D eigenvalue weighted by Gasteiger charge is -2.00. The van der Waals surface area contributed by atoms with Gasteiger partial charge in [-0.25, -0.2) is 0 Å². The summed E-state index contributed by atoms with van der Waals surface area (Å²) >= 11 is 0. The van der Waals surface area contributed by atoms with Gasteiger partial charge in [-0.15, -0.1) is 0 Å². The predicted octanol–water partition coefficient (Wildman–Crippen LogP) is 0.0411. The highest BCUT2D eigenvalue weighted by atomic mass is 16.5. The van der Waals surface area contributed by atoms with Crippen LogP contribution in [0.15, 0.2) is 58.3 Å². The van der Waals surface area contributed by atoms with Gasteiger partial charge in [0.2, 0.25) is 0 Å². The molecule has 0 radical (unpaired) electrons. The number of nitrogens with one attached hydrogen (secondary N) is 2. The normalized spacial score (nSPS) is 12.2. The molecular formula is C19H15N3O4. The number of esters is 1. The number of benzene rings is 1. The van der Waals surface area contributed by atoms with Crippen molar-refractivity contribution >= 4 is 18.1 Å². The van der Waals surface area contributed by atoms with Gasteiger partial charge in [0.1, 0.15) is 16.4 Å². The van der Waals surface area contributed by atoms with Crippen LogP contribution in [0.25, 0.3) is 12.2 Å². The second-order valence-corrected chi connectivity index (χ2v) is 5.45. The second kappa shape index (κ2) is 7.43. The maximum Gasteiger partial charge on any atom is 0.308 e.